The second kappa shape index (κ2) is 38.8. The summed E-state index contributed by atoms with van der Waals surface area (Å²) in [7, 11) is 0. The molecule has 0 saturated heterocycles. The Hall–Kier alpha value is -4.14. The first-order chi connectivity index (χ1) is 43.2. The Bertz CT molecular complexity index is 2900. The highest BCUT2D eigenvalue weighted by molar-refractivity contribution is 7.23. The summed E-state index contributed by atoms with van der Waals surface area (Å²) in [5.41, 5.74) is 2.61. The Morgan fingerprint density at radius 3 is 1.61 bits per heavy atom. The number of carbonyl (C=O) groups is 2. The van der Waals surface area contributed by atoms with E-state index in [1.54, 1.807) is 17.4 Å². The third-order valence-electron chi connectivity index (χ3n) is 20.0. The van der Waals surface area contributed by atoms with E-state index in [0.29, 0.717) is 41.8 Å². The number of aliphatic hydroxyl groups is 1. The number of thiophene rings is 2. The highest BCUT2D eigenvalue weighted by Crippen LogP contribution is 2.42. The molecule has 2 atom stereocenters. The summed E-state index contributed by atoms with van der Waals surface area (Å²) in [6.45, 7) is 19.5. The van der Waals surface area contributed by atoms with Crippen LogP contribution < -0.4 is 20.2 Å². The van der Waals surface area contributed by atoms with Crippen molar-refractivity contribution < 1.29 is 19.1 Å². The summed E-state index contributed by atoms with van der Waals surface area (Å²) in [5.74, 6) is 1.84. The second-order valence-electron chi connectivity index (χ2n) is 29.4. The van der Waals surface area contributed by atoms with Crippen LogP contribution in [0.15, 0.2) is 76.9 Å². The monoisotopic (exact) mass is 1250 g/mol. The van der Waals surface area contributed by atoms with E-state index in [1.165, 1.54) is 239 Å². The molecule has 0 aliphatic carbocycles. The molecule has 4 aromatic rings. The SMILES string of the molecule is CCCCCCCCCCCCC(CCCCCCCCCC)CN1C(=O)C2=c3cc4c(cc31)=C(c1ccc(-c3ccc(-c5ccc(C(C)(C)C)s5)s3)o1)C(=O)N4CC(CCCCCCCCCCCC)CCCCCCCCCCC(C)(C)/C=C/C=C/2O. The fourth-order valence-corrected chi connectivity index (χ4v) is 16.4. The van der Waals surface area contributed by atoms with E-state index in [0.717, 1.165) is 71.0 Å². The van der Waals surface area contributed by atoms with Crippen molar-refractivity contribution in [2.45, 2.75) is 324 Å². The Morgan fingerprint density at radius 1 is 0.551 bits per heavy atom. The molecule has 2 amide bonds. The summed E-state index contributed by atoms with van der Waals surface area (Å²) in [6.07, 6.45) is 57.7. The van der Waals surface area contributed by atoms with Crippen molar-refractivity contribution in [3.63, 3.8) is 0 Å². The van der Waals surface area contributed by atoms with Gasteiger partial charge < -0.3 is 19.3 Å². The van der Waals surface area contributed by atoms with Crippen LogP contribution in [0.5, 0.6) is 0 Å². The predicted molar refractivity (Wildman–Crippen MR) is 387 cm³/mol. The van der Waals surface area contributed by atoms with Crippen LogP contribution in [-0.2, 0) is 15.0 Å². The molecule has 6 heterocycles. The first kappa shape index (κ1) is 72.3. The number of hydrogen-bond acceptors (Lipinski definition) is 6. The molecule has 6 nitrogen and oxygen atoms in total. The summed E-state index contributed by atoms with van der Waals surface area (Å²) in [4.78, 5) is 40.4. The van der Waals surface area contributed by atoms with E-state index in [9.17, 15) is 5.11 Å². The normalized spacial score (nSPS) is 18.4. The van der Waals surface area contributed by atoms with E-state index in [-0.39, 0.29) is 28.4 Å². The number of hydrogen-bond donors (Lipinski definition) is 1. The number of benzene rings is 1. The molecule has 89 heavy (non-hydrogen) atoms. The summed E-state index contributed by atoms with van der Waals surface area (Å²) >= 11 is 3.60. The van der Waals surface area contributed by atoms with E-state index in [1.807, 2.05) is 34.4 Å². The summed E-state index contributed by atoms with van der Waals surface area (Å²) in [5, 5.41) is 14.0. The fourth-order valence-electron chi connectivity index (χ4n) is 14.3. The van der Waals surface area contributed by atoms with Crippen LogP contribution in [0.3, 0.4) is 0 Å². The van der Waals surface area contributed by atoms with Gasteiger partial charge in [0.1, 0.15) is 17.3 Å². The Balaban J connectivity index is 1.27. The Morgan fingerprint density at radius 2 is 1.03 bits per heavy atom. The van der Waals surface area contributed by atoms with Crippen molar-refractivity contribution in [3.05, 3.63) is 93.6 Å². The number of aliphatic hydroxyl groups excluding tert-OH is 1. The van der Waals surface area contributed by atoms with Crippen LogP contribution in [0.1, 0.15) is 329 Å². The quantitative estimate of drug-likeness (QED) is 0.0461. The van der Waals surface area contributed by atoms with E-state index < -0.39 is 0 Å². The lowest BCUT2D eigenvalue weighted by molar-refractivity contribution is -0.114. The van der Waals surface area contributed by atoms with Gasteiger partial charge in [-0.25, -0.2) is 0 Å². The molecule has 1 N–H and O–H groups in total. The van der Waals surface area contributed by atoms with Crippen molar-refractivity contribution in [1.29, 1.82) is 0 Å². The highest BCUT2D eigenvalue weighted by atomic mass is 32.1. The minimum atomic E-state index is -0.129. The van der Waals surface area contributed by atoms with Gasteiger partial charge in [0.05, 0.1) is 27.4 Å². The number of furan rings is 1. The lowest BCUT2D eigenvalue weighted by Gasteiger charge is -2.27. The third kappa shape index (κ3) is 23.1. The van der Waals surface area contributed by atoms with Crippen LogP contribution in [0.4, 0.5) is 11.4 Å². The number of amides is 2. The van der Waals surface area contributed by atoms with Gasteiger partial charge in [-0.3, -0.25) is 9.59 Å². The minimum Gasteiger partial charge on any atom is -0.507 e. The molecule has 2 bridgehead atoms. The van der Waals surface area contributed by atoms with Crippen molar-refractivity contribution in [1.82, 2.24) is 0 Å². The molecule has 7 rings (SSSR count). The number of allylic oxidation sites excluding steroid dienone is 3. The van der Waals surface area contributed by atoms with Gasteiger partial charge in [0, 0.05) is 38.2 Å². The minimum absolute atomic E-state index is 0.00398. The summed E-state index contributed by atoms with van der Waals surface area (Å²) < 4.78 is 6.95. The molecule has 3 aromatic heterocycles. The van der Waals surface area contributed by atoms with E-state index in [4.69, 9.17) is 4.42 Å². The van der Waals surface area contributed by atoms with Gasteiger partial charge in [-0.15, -0.1) is 22.7 Å². The molecule has 3 aliphatic rings. The molecule has 0 spiro atoms. The van der Waals surface area contributed by atoms with Gasteiger partial charge in [0.25, 0.3) is 11.8 Å². The van der Waals surface area contributed by atoms with Crippen molar-refractivity contribution >= 4 is 57.0 Å². The molecular formula is C81H124N2O4S2. The predicted octanol–water partition coefficient (Wildman–Crippen LogP) is 24.4. The average Bonchev–Trinajstić information content (AvgIpc) is 1.58. The zero-order valence-corrected chi connectivity index (χ0v) is 59.4. The van der Waals surface area contributed by atoms with Crippen LogP contribution in [-0.4, -0.2) is 30.0 Å². The lowest BCUT2D eigenvalue weighted by atomic mass is 9.86. The molecule has 1 aromatic carbocycles. The van der Waals surface area contributed by atoms with Gasteiger partial charge >= 0.3 is 0 Å². The first-order valence-electron chi connectivity index (χ1n) is 37.2. The molecule has 2 unspecified atom stereocenters. The van der Waals surface area contributed by atoms with E-state index in [2.05, 4.69) is 103 Å². The lowest BCUT2D eigenvalue weighted by Crippen LogP contribution is -2.35. The van der Waals surface area contributed by atoms with Crippen LogP contribution in [0.2, 0.25) is 0 Å². The third-order valence-corrected chi connectivity index (χ3v) is 22.8. The van der Waals surface area contributed by atoms with Crippen molar-refractivity contribution in [2.75, 3.05) is 22.9 Å². The number of unbranched alkanes of at least 4 members (excludes halogenated alkanes) is 25. The van der Waals surface area contributed by atoms with Crippen molar-refractivity contribution in [3.8, 4) is 20.4 Å². The standard InChI is InChI=1S/C81H124N2O4S2/c1-9-12-15-18-21-24-26-31-36-41-47-63(46-40-35-30-23-20-17-14-11-3)61-82-67-60-66-68-59-65(67)76(78(82)85)69(84)50-45-58-81(7,8)57-44-39-34-29-28-33-38-43-49-64(48-42-37-32-27-25-22-19-16-13-10-2)62-83(68)79(86)77(66)71-52-51-70(87-71)72-53-54-73(88-72)74-55-56-75(89-74)80(4,5)6/h45,50-56,58-60,63-64,84H,9-44,46-49,57,61-62H2,1-8H3/b58-45+,69-50-. The number of nitrogens with zero attached hydrogens (tertiary/aromatic N) is 2. The molecule has 494 valence electrons. The smallest absolute Gasteiger partial charge is 0.262 e. The maximum Gasteiger partial charge on any atom is 0.262 e. The van der Waals surface area contributed by atoms with Gasteiger partial charge in [-0.2, -0.15) is 0 Å². The average molecular weight is 1250 g/mol. The molecule has 0 radical (unpaired) electrons. The van der Waals surface area contributed by atoms with Crippen molar-refractivity contribution in [2.24, 2.45) is 17.3 Å². The highest BCUT2D eigenvalue weighted by Gasteiger charge is 2.39. The topological polar surface area (TPSA) is 74.0 Å². The maximum absolute atomic E-state index is 15.8. The molecule has 8 heteroatoms. The fraction of sp³-hybridized carbons (Fsp3) is 0.679. The molecule has 0 saturated carbocycles. The Labute approximate surface area is 551 Å². The summed E-state index contributed by atoms with van der Waals surface area (Å²) in [6, 6.07) is 17.2. The molecular weight excluding hydrogens is 1130 g/mol. The van der Waals surface area contributed by atoms with Crippen LogP contribution in [0.25, 0.3) is 31.5 Å². The van der Waals surface area contributed by atoms with Gasteiger partial charge in [-0.05, 0) is 109 Å². The largest absolute Gasteiger partial charge is 0.507 e. The first-order valence-corrected chi connectivity index (χ1v) is 38.8. The van der Waals surface area contributed by atoms with E-state index >= 15 is 9.59 Å². The zero-order valence-electron chi connectivity index (χ0n) is 57.8. The number of anilines is 2. The number of carbonyl (C=O) groups excluding carboxylic acids is 2. The molecule has 3 aliphatic heterocycles. The zero-order chi connectivity index (χ0) is 63.3. The van der Waals surface area contributed by atoms with Crippen LogP contribution in [0, 0.1) is 17.3 Å². The Kier molecular flexibility index (Phi) is 31.5. The van der Waals surface area contributed by atoms with Gasteiger partial charge in [-0.1, -0.05) is 299 Å². The molecule has 0 fully saturated rings. The van der Waals surface area contributed by atoms with Gasteiger partial charge in [0.2, 0.25) is 0 Å². The van der Waals surface area contributed by atoms with Gasteiger partial charge in [0.15, 0.2) is 0 Å². The van der Waals surface area contributed by atoms with Crippen LogP contribution >= 0.6 is 22.7 Å². The number of rotatable bonds is 36. The second-order valence-corrected chi connectivity index (χ2v) is 31.6. The maximum atomic E-state index is 15.8.